The van der Waals surface area contributed by atoms with E-state index in [1.165, 1.54) is 0 Å². The maximum absolute atomic E-state index is 12.3. The van der Waals surface area contributed by atoms with Gasteiger partial charge >= 0.3 is 6.18 Å². The summed E-state index contributed by atoms with van der Waals surface area (Å²) in [6, 6.07) is 6.36. The maximum atomic E-state index is 12.3. The molecule has 0 aliphatic rings. The molecule has 2 nitrogen and oxygen atoms in total. The van der Waals surface area contributed by atoms with Crippen molar-refractivity contribution in [2.45, 2.75) is 6.18 Å². The van der Waals surface area contributed by atoms with Crippen molar-refractivity contribution in [2.24, 2.45) is 0 Å². The van der Waals surface area contributed by atoms with Gasteiger partial charge in [-0.2, -0.15) is 18.3 Å². The van der Waals surface area contributed by atoms with E-state index in [4.69, 9.17) is 11.6 Å². The molecule has 0 aliphatic heterocycles. The van der Waals surface area contributed by atoms with Crippen molar-refractivity contribution in [1.29, 1.82) is 0 Å². The molecular formula is C10H6ClF3N2. The first kappa shape index (κ1) is 11.0. The van der Waals surface area contributed by atoms with Crippen LogP contribution in [0.4, 0.5) is 13.2 Å². The van der Waals surface area contributed by atoms with E-state index in [0.717, 1.165) is 17.1 Å². The van der Waals surface area contributed by atoms with Crippen LogP contribution in [0.5, 0.6) is 0 Å². The lowest BCUT2D eigenvalue weighted by Crippen LogP contribution is -2.02. The van der Waals surface area contributed by atoms with Crippen LogP contribution in [0.3, 0.4) is 0 Å². The summed E-state index contributed by atoms with van der Waals surface area (Å²) in [6.07, 6.45) is -2.65. The molecule has 2 rings (SSSR count). The van der Waals surface area contributed by atoms with Gasteiger partial charge in [-0.1, -0.05) is 11.6 Å². The van der Waals surface area contributed by atoms with Gasteiger partial charge in [0, 0.05) is 11.2 Å². The smallest absolute Gasteiger partial charge is 0.240 e. The van der Waals surface area contributed by atoms with Crippen LogP contribution < -0.4 is 0 Å². The summed E-state index contributed by atoms with van der Waals surface area (Å²) >= 11 is 5.67. The minimum absolute atomic E-state index is 0.520. The number of nitrogens with zero attached hydrogens (tertiary/aromatic N) is 2. The van der Waals surface area contributed by atoms with Crippen molar-refractivity contribution < 1.29 is 13.2 Å². The van der Waals surface area contributed by atoms with Gasteiger partial charge in [-0.25, -0.2) is 4.68 Å². The van der Waals surface area contributed by atoms with Gasteiger partial charge in [0.15, 0.2) is 0 Å². The largest absolute Gasteiger partial charge is 0.419 e. The normalized spacial score (nSPS) is 11.8. The monoisotopic (exact) mass is 246 g/mol. The molecule has 1 aromatic carbocycles. The molecule has 6 heteroatoms. The first-order valence-corrected chi connectivity index (χ1v) is 4.72. The van der Waals surface area contributed by atoms with E-state index in [9.17, 15) is 13.2 Å². The van der Waals surface area contributed by atoms with Crippen LogP contribution in [0, 0.1) is 0 Å². The molecule has 16 heavy (non-hydrogen) atoms. The molecule has 1 heterocycles. The molecule has 1 aromatic heterocycles. The van der Waals surface area contributed by atoms with Crippen molar-refractivity contribution in [1.82, 2.24) is 9.78 Å². The SMILES string of the molecule is FC(F)(F)c1cnn(-c2ccc(Cl)cc2)c1. The summed E-state index contributed by atoms with van der Waals surface area (Å²) in [5, 5.41) is 4.16. The van der Waals surface area contributed by atoms with Crippen LogP contribution in [0.25, 0.3) is 5.69 Å². The van der Waals surface area contributed by atoms with Gasteiger partial charge < -0.3 is 0 Å². The van der Waals surface area contributed by atoms with Crippen LogP contribution >= 0.6 is 11.6 Å². The molecule has 0 saturated carbocycles. The van der Waals surface area contributed by atoms with E-state index in [-0.39, 0.29) is 0 Å². The Morgan fingerprint density at radius 1 is 1.12 bits per heavy atom. The number of rotatable bonds is 1. The van der Waals surface area contributed by atoms with E-state index in [0.29, 0.717) is 10.7 Å². The third-order valence-corrected chi connectivity index (χ3v) is 2.25. The third kappa shape index (κ3) is 2.19. The van der Waals surface area contributed by atoms with Crippen molar-refractivity contribution in [3.63, 3.8) is 0 Å². The van der Waals surface area contributed by atoms with Gasteiger partial charge in [-0.05, 0) is 24.3 Å². The highest BCUT2D eigenvalue weighted by molar-refractivity contribution is 6.30. The Hall–Kier alpha value is -1.49. The van der Waals surface area contributed by atoms with Crippen molar-refractivity contribution >= 4 is 11.6 Å². The summed E-state index contributed by atoms with van der Waals surface area (Å²) < 4.78 is 38.1. The zero-order valence-corrected chi connectivity index (χ0v) is 8.63. The van der Waals surface area contributed by atoms with Crippen molar-refractivity contribution in [2.75, 3.05) is 0 Å². The predicted molar refractivity (Wildman–Crippen MR) is 53.6 cm³/mol. The lowest BCUT2D eigenvalue weighted by atomic mass is 10.3. The Morgan fingerprint density at radius 3 is 2.25 bits per heavy atom. The first-order valence-electron chi connectivity index (χ1n) is 4.34. The maximum Gasteiger partial charge on any atom is 0.419 e. The highest BCUT2D eigenvalue weighted by Crippen LogP contribution is 2.29. The van der Waals surface area contributed by atoms with Crippen molar-refractivity contribution in [3.8, 4) is 5.69 Å². The standard InChI is InChI=1S/C10H6ClF3N2/c11-8-1-3-9(4-2-8)16-6-7(5-15-16)10(12,13)14/h1-6H. The summed E-state index contributed by atoms with van der Waals surface area (Å²) in [6.45, 7) is 0. The van der Waals surface area contributed by atoms with Crippen LogP contribution in [0.15, 0.2) is 36.7 Å². The predicted octanol–water partition coefficient (Wildman–Crippen LogP) is 3.54. The number of aromatic nitrogens is 2. The molecule has 0 amide bonds. The Balaban J connectivity index is 2.35. The summed E-state index contributed by atoms with van der Waals surface area (Å²) in [5.41, 5.74) is -0.248. The van der Waals surface area contributed by atoms with E-state index >= 15 is 0 Å². The molecule has 0 atom stereocenters. The molecule has 0 bridgehead atoms. The second-order valence-electron chi connectivity index (χ2n) is 3.15. The average molecular weight is 247 g/mol. The molecule has 0 radical (unpaired) electrons. The fourth-order valence-electron chi connectivity index (χ4n) is 1.20. The molecule has 0 N–H and O–H groups in total. The lowest BCUT2D eigenvalue weighted by Gasteiger charge is -2.02. The van der Waals surface area contributed by atoms with Crippen LogP contribution in [0.1, 0.15) is 5.56 Å². The first-order chi connectivity index (χ1) is 7.47. The lowest BCUT2D eigenvalue weighted by molar-refractivity contribution is -0.137. The zero-order valence-electron chi connectivity index (χ0n) is 7.87. The third-order valence-electron chi connectivity index (χ3n) is 2.00. The minimum Gasteiger partial charge on any atom is -0.240 e. The Morgan fingerprint density at radius 2 is 1.75 bits per heavy atom. The average Bonchev–Trinajstić information content (AvgIpc) is 2.67. The number of hydrogen-bond donors (Lipinski definition) is 0. The summed E-state index contributed by atoms with van der Waals surface area (Å²) in [4.78, 5) is 0. The zero-order chi connectivity index (χ0) is 11.8. The second-order valence-corrected chi connectivity index (χ2v) is 3.58. The summed E-state index contributed by atoms with van der Waals surface area (Å²) in [7, 11) is 0. The number of halogens is 4. The Bertz CT molecular complexity index is 488. The van der Waals surface area contributed by atoms with Crippen molar-refractivity contribution in [3.05, 3.63) is 47.2 Å². The molecule has 84 valence electrons. The highest BCUT2D eigenvalue weighted by Gasteiger charge is 2.32. The number of hydrogen-bond acceptors (Lipinski definition) is 1. The van der Waals surface area contributed by atoms with Gasteiger partial charge in [0.1, 0.15) is 0 Å². The fourth-order valence-corrected chi connectivity index (χ4v) is 1.33. The highest BCUT2D eigenvalue weighted by atomic mass is 35.5. The molecule has 0 spiro atoms. The van der Waals surface area contributed by atoms with Gasteiger partial charge in [0.25, 0.3) is 0 Å². The van der Waals surface area contributed by atoms with E-state index in [1.54, 1.807) is 24.3 Å². The molecular weight excluding hydrogens is 241 g/mol. The van der Waals surface area contributed by atoms with E-state index in [2.05, 4.69) is 5.10 Å². The van der Waals surface area contributed by atoms with Crippen LogP contribution in [-0.2, 0) is 6.18 Å². The van der Waals surface area contributed by atoms with Gasteiger partial charge in [0.2, 0.25) is 0 Å². The van der Waals surface area contributed by atoms with Gasteiger partial charge in [0.05, 0.1) is 17.4 Å². The molecule has 0 fully saturated rings. The molecule has 0 unspecified atom stereocenters. The quantitative estimate of drug-likeness (QED) is 0.752. The second kappa shape index (κ2) is 3.83. The van der Waals surface area contributed by atoms with Gasteiger partial charge in [-0.3, -0.25) is 0 Å². The minimum atomic E-state index is -4.37. The Kier molecular flexibility index (Phi) is 2.63. The van der Waals surface area contributed by atoms with E-state index < -0.39 is 11.7 Å². The number of alkyl halides is 3. The molecule has 0 aliphatic carbocycles. The fraction of sp³-hybridized carbons (Fsp3) is 0.100. The Labute approximate surface area is 94.3 Å². The van der Waals surface area contributed by atoms with E-state index in [1.807, 2.05) is 0 Å². The molecule has 2 aromatic rings. The van der Waals surface area contributed by atoms with Gasteiger partial charge in [-0.15, -0.1) is 0 Å². The number of benzene rings is 1. The summed E-state index contributed by atoms with van der Waals surface area (Å²) in [5.74, 6) is 0. The topological polar surface area (TPSA) is 17.8 Å². The van der Waals surface area contributed by atoms with Crippen LogP contribution in [0.2, 0.25) is 5.02 Å². The van der Waals surface area contributed by atoms with Crippen LogP contribution in [-0.4, -0.2) is 9.78 Å². The molecule has 0 saturated heterocycles.